The lowest BCUT2D eigenvalue weighted by molar-refractivity contribution is 1.38. The Bertz CT molecular complexity index is 833. The van der Waals surface area contributed by atoms with Crippen LogP contribution in [0.1, 0.15) is 11.1 Å². The van der Waals surface area contributed by atoms with E-state index in [4.69, 9.17) is 16.9 Å². The number of anilines is 2. The van der Waals surface area contributed by atoms with Gasteiger partial charge in [0.05, 0.1) is 21.8 Å². The number of nitrogens with zero attached hydrogens (tertiary/aromatic N) is 2. The van der Waals surface area contributed by atoms with Crippen molar-refractivity contribution in [1.82, 2.24) is 4.98 Å². The van der Waals surface area contributed by atoms with Crippen LogP contribution in [0.15, 0.2) is 36.4 Å². The zero-order valence-electron chi connectivity index (χ0n) is 10.6. The van der Waals surface area contributed by atoms with Gasteiger partial charge < -0.3 is 5.32 Å². The molecular weight excluding hydrogens is 290 g/mol. The number of hydrogen-bond donors (Lipinski definition) is 1. The van der Waals surface area contributed by atoms with Gasteiger partial charge in [-0.3, -0.25) is 0 Å². The van der Waals surface area contributed by atoms with E-state index in [2.05, 4.69) is 16.4 Å². The van der Waals surface area contributed by atoms with Crippen LogP contribution in [-0.4, -0.2) is 4.98 Å². The van der Waals surface area contributed by atoms with Crippen molar-refractivity contribution in [2.24, 2.45) is 0 Å². The summed E-state index contributed by atoms with van der Waals surface area (Å²) in [7, 11) is 0. The predicted molar refractivity (Wildman–Crippen MR) is 83.8 cm³/mol. The SMILES string of the molecule is Cc1ccc(C#N)cc1Nc1nc2cc(Cl)ccc2s1. The standard InChI is InChI=1S/C15H10ClN3S/c1-9-2-3-10(8-17)6-12(9)18-15-19-13-7-11(16)4-5-14(13)20-15/h2-7H,1H3,(H,18,19). The molecule has 0 spiro atoms. The van der Waals surface area contributed by atoms with Crippen molar-refractivity contribution in [3.05, 3.63) is 52.5 Å². The number of halogens is 1. The van der Waals surface area contributed by atoms with Crippen LogP contribution in [0.4, 0.5) is 10.8 Å². The largest absolute Gasteiger partial charge is 0.331 e. The summed E-state index contributed by atoms with van der Waals surface area (Å²) in [6, 6.07) is 13.3. The van der Waals surface area contributed by atoms with Crippen LogP contribution in [-0.2, 0) is 0 Å². The smallest absolute Gasteiger partial charge is 0.188 e. The van der Waals surface area contributed by atoms with Crippen LogP contribution in [0.3, 0.4) is 0 Å². The van der Waals surface area contributed by atoms with Crippen molar-refractivity contribution in [2.75, 3.05) is 5.32 Å². The maximum absolute atomic E-state index is 8.96. The monoisotopic (exact) mass is 299 g/mol. The van der Waals surface area contributed by atoms with Crippen LogP contribution in [0.5, 0.6) is 0 Å². The molecule has 1 N–H and O–H groups in total. The molecule has 20 heavy (non-hydrogen) atoms. The van der Waals surface area contributed by atoms with E-state index in [1.165, 1.54) is 0 Å². The summed E-state index contributed by atoms with van der Waals surface area (Å²) in [6.45, 7) is 1.99. The maximum atomic E-state index is 8.96. The van der Waals surface area contributed by atoms with Gasteiger partial charge in [0, 0.05) is 10.7 Å². The van der Waals surface area contributed by atoms with E-state index in [1.54, 1.807) is 17.4 Å². The summed E-state index contributed by atoms with van der Waals surface area (Å²) in [5.41, 5.74) is 3.47. The van der Waals surface area contributed by atoms with Crippen LogP contribution in [0.2, 0.25) is 5.02 Å². The molecule has 98 valence electrons. The number of nitrogens with one attached hydrogen (secondary N) is 1. The van der Waals surface area contributed by atoms with Gasteiger partial charge in [0.15, 0.2) is 5.13 Å². The summed E-state index contributed by atoms with van der Waals surface area (Å²) in [5, 5.41) is 13.7. The Balaban J connectivity index is 1.99. The van der Waals surface area contributed by atoms with Crippen molar-refractivity contribution < 1.29 is 0 Å². The molecule has 0 unspecified atom stereocenters. The van der Waals surface area contributed by atoms with Gasteiger partial charge in [-0.15, -0.1) is 0 Å². The van der Waals surface area contributed by atoms with Gasteiger partial charge in [-0.05, 0) is 42.8 Å². The second kappa shape index (κ2) is 5.12. The van der Waals surface area contributed by atoms with Crippen LogP contribution in [0.25, 0.3) is 10.2 Å². The Hall–Kier alpha value is -2.09. The highest BCUT2D eigenvalue weighted by molar-refractivity contribution is 7.22. The zero-order chi connectivity index (χ0) is 14.1. The number of rotatable bonds is 2. The Morgan fingerprint density at radius 3 is 2.90 bits per heavy atom. The number of thiazole rings is 1. The van der Waals surface area contributed by atoms with Gasteiger partial charge in [0.1, 0.15) is 0 Å². The molecule has 1 heterocycles. The van der Waals surface area contributed by atoms with Gasteiger partial charge in [-0.25, -0.2) is 4.98 Å². The van der Waals surface area contributed by atoms with Crippen molar-refractivity contribution in [3.8, 4) is 6.07 Å². The lowest BCUT2D eigenvalue weighted by Crippen LogP contribution is -1.93. The summed E-state index contributed by atoms with van der Waals surface area (Å²) in [5.74, 6) is 0. The first-order valence-electron chi connectivity index (χ1n) is 5.99. The molecule has 0 saturated heterocycles. The van der Waals surface area contributed by atoms with E-state index in [-0.39, 0.29) is 0 Å². The molecule has 2 aromatic carbocycles. The molecule has 3 rings (SSSR count). The summed E-state index contributed by atoms with van der Waals surface area (Å²) in [4.78, 5) is 4.51. The highest BCUT2D eigenvalue weighted by Crippen LogP contribution is 2.31. The lowest BCUT2D eigenvalue weighted by Gasteiger charge is -2.06. The number of nitriles is 1. The average molecular weight is 300 g/mol. The minimum absolute atomic E-state index is 0.627. The Morgan fingerprint density at radius 2 is 2.10 bits per heavy atom. The molecule has 0 amide bonds. The maximum Gasteiger partial charge on any atom is 0.188 e. The molecular formula is C15H10ClN3S. The summed E-state index contributed by atoms with van der Waals surface area (Å²) >= 11 is 7.52. The molecule has 0 fully saturated rings. The number of benzene rings is 2. The zero-order valence-corrected chi connectivity index (χ0v) is 12.2. The third-order valence-electron chi connectivity index (χ3n) is 2.96. The lowest BCUT2D eigenvalue weighted by atomic mass is 10.1. The molecule has 3 aromatic rings. The molecule has 1 aromatic heterocycles. The minimum Gasteiger partial charge on any atom is -0.331 e. The van der Waals surface area contributed by atoms with E-state index in [0.717, 1.165) is 26.6 Å². The first-order chi connectivity index (χ1) is 9.65. The molecule has 0 aliphatic rings. The topological polar surface area (TPSA) is 48.7 Å². The fourth-order valence-corrected chi connectivity index (χ4v) is 2.92. The predicted octanol–water partition coefficient (Wildman–Crippen LogP) is 4.87. The molecule has 0 atom stereocenters. The molecule has 5 heteroatoms. The highest BCUT2D eigenvalue weighted by Gasteiger charge is 2.07. The van der Waals surface area contributed by atoms with Crippen LogP contribution >= 0.6 is 22.9 Å². The summed E-state index contributed by atoms with van der Waals surface area (Å²) in [6.07, 6.45) is 0. The molecule has 0 radical (unpaired) electrons. The number of aryl methyl sites for hydroxylation is 1. The summed E-state index contributed by atoms with van der Waals surface area (Å²) < 4.78 is 1.07. The number of hydrogen-bond acceptors (Lipinski definition) is 4. The second-order valence-corrected chi connectivity index (χ2v) is 5.86. The van der Waals surface area contributed by atoms with Crippen molar-refractivity contribution in [3.63, 3.8) is 0 Å². The number of aromatic nitrogens is 1. The van der Waals surface area contributed by atoms with Crippen LogP contribution in [0, 0.1) is 18.3 Å². The van der Waals surface area contributed by atoms with Gasteiger partial charge >= 0.3 is 0 Å². The molecule has 0 saturated carbocycles. The quantitative estimate of drug-likeness (QED) is 0.734. The molecule has 0 aliphatic carbocycles. The average Bonchev–Trinajstić information content (AvgIpc) is 2.82. The fourth-order valence-electron chi connectivity index (χ4n) is 1.90. The third-order valence-corrected chi connectivity index (χ3v) is 4.14. The normalized spacial score (nSPS) is 10.4. The van der Waals surface area contributed by atoms with Gasteiger partial charge in [-0.1, -0.05) is 29.0 Å². The van der Waals surface area contributed by atoms with E-state index in [1.807, 2.05) is 37.3 Å². The van der Waals surface area contributed by atoms with E-state index >= 15 is 0 Å². The molecule has 0 aliphatic heterocycles. The van der Waals surface area contributed by atoms with Crippen molar-refractivity contribution in [2.45, 2.75) is 6.92 Å². The van der Waals surface area contributed by atoms with Crippen molar-refractivity contribution >= 4 is 44.0 Å². The van der Waals surface area contributed by atoms with E-state index < -0.39 is 0 Å². The van der Waals surface area contributed by atoms with Crippen LogP contribution < -0.4 is 5.32 Å². The van der Waals surface area contributed by atoms with Crippen molar-refractivity contribution in [1.29, 1.82) is 5.26 Å². The number of fused-ring (bicyclic) bond motifs is 1. The van der Waals surface area contributed by atoms with Gasteiger partial charge in [-0.2, -0.15) is 5.26 Å². The third kappa shape index (κ3) is 2.46. The Labute approximate surface area is 125 Å². The highest BCUT2D eigenvalue weighted by atomic mass is 35.5. The molecule has 3 nitrogen and oxygen atoms in total. The second-order valence-electron chi connectivity index (χ2n) is 4.40. The van der Waals surface area contributed by atoms with Gasteiger partial charge in [0.25, 0.3) is 0 Å². The first-order valence-corrected chi connectivity index (χ1v) is 7.19. The Kier molecular flexibility index (Phi) is 3.31. The molecule has 0 bridgehead atoms. The van der Waals surface area contributed by atoms with Gasteiger partial charge in [0.2, 0.25) is 0 Å². The first kappa shape index (κ1) is 12.9. The Morgan fingerprint density at radius 1 is 1.25 bits per heavy atom. The van der Waals surface area contributed by atoms with E-state index in [9.17, 15) is 0 Å². The minimum atomic E-state index is 0.627. The van der Waals surface area contributed by atoms with E-state index in [0.29, 0.717) is 10.6 Å². The fraction of sp³-hybridized carbons (Fsp3) is 0.0667.